The van der Waals surface area contributed by atoms with Gasteiger partial charge < -0.3 is 10.6 Å². The molecule has 0 unspecified atom stereocenters. The van der Waals surface area contributed by atoms with Crippen molar-refractivity contribution in [2.45, 2.75) is 115 Å². The zero-order valence-corrected chi connectivity index (χ0v) is 16.4. The van der Waals surface area contributed by atoms with Gasteiger partial charge in [0, 0.05) is 23.9 Å². The van der Waals surface area contributed by atoms with Gasteiger partial charge >= 0.3 is 0 Å². The van der Waals surface area contributed by atoms with Gasteiger partial charge in [-0.25, -0.2) is 0 Å². The first-order chi connectivity index (χ1) is 12.7. The van der Waals surface area contributed by atoms with Crippen molar-refractivity contribution in [3.05, 3.63) is 0 Å². The summed E-state index contributed by atoms with van der Waals surface area (Å²) in [6.45, 7) is 0. The van der Waals surface area contributed by atoms with Gasteiger partial charge in [0.05, 0.1) is 0 Å². The summed E-state index contributed by atoms with van der Waals surface area (Å²) in [4.78, 5) is 25.1. The topological polar surface area (TPSA) is 58.2 Å². The van der Waals surface area contributed by atoms with Crippen molar-refractivity contribution in [3.63, 3.8) is 0 Å². The third kappa shape index (κ3) is 5.99. The van der Waals surface area contributed by atoms with E-state index in [1.807, 2.05) is 0 Å². The van der Waals surface area contributed by atoms with Gasteiger partial charge in [-0.3, -0.25) is 9.59 Å². The van der Waals surface area contributed by atoms with Crippen LogP contribution in [0.1, 0.15) is 103 Å². The second-order valence-electron chi connectivity index (χ2n) is 8.94. The molecular weight excluding hydrogens is 324 g/mol. The number of amides is 2. The number of hydrogen-bond donors (Lipinski definition) is 2. The minimum Gasteiger partial charge on any atom is -0.353 e. The lowest BCUT2D eigenvalue weighted by molar-refractivity contribution is -0.128. The fourth-order valence-electron chi connectivity index (χ4n) is 5.10. The molecule has 0 aromatic rings. The molecule has 0 radical (unpaired) electrons. The van der Waals surface area contributed by atoms with E-state index in [9.17, 15) is 9.59 Å². The second-order valence-corrected chi connectivity index (χ2v) is 8.94. The molecule has 0 aromatic carbocycles. The summed E-state index contributed by atoms with van der Waals surface area (Å²) >= 11 is 0. The maximum atomic E-state index is 12.5. The van der Waals surface area contributed by atoms with E-state index in [1.54, 1.807) is 0 Å². The van der Waals surface area contributed by atoms with Crippen molar-refractivity contribution in [2.75, 3.05) is 0 Å². The van der Waals surface area contributed by atoms with Gasteiger partial charge in [-0.1, -0.05) is 51.4 Å². The summed E-state index contributed by atoms with van der Waals surface area (Å²) in [7, 11) is 0. The molecule has 0 spiro atoms. The van der Waals surface area contributed by atoms with E-state index in [-0.39, 0.29) is 23.7 Å². The lowest BCUT2D eigenvalue weighted by Crippen LogP contribution is -2.46. The van der Waals surface area contributed by atoms with E-state index in [4.69, 9.17) is 0 Å². The van der Waals surface area contributed by atoms with Crippen molar-refractivity contribution < 1.29 is 9.59 Å². The highest BCUT2D eigenvalue weighted by molar-refractivity contribution is 5.79. The predicted octanol–water partition coefficient (Wildman–Crippen LogP) is 4.47. The number of carbonyl (C=O) groups is 2. The van der Waals surface area contributed by atoms with Crippen LogP contribution in [0.5, 0.6) is 0 Å². The summed E-state index contributed by atoms with van der Waals surface area (Å²) in [5, 5.41) is 6.62. The highest BCUT2D eigenvalue weighted by Gasteiger charge is 2.28. The number of carbonyl (C=O) groups excluding carboxylic acids is 2. The van der Waals surface area contributed by atoms with Crippen molar-refractivity contribution in [2.24, 2.45) is 11.8 Å². The molecule has 3 aliphatic rings. The third-order valence-electron chi connectivity index (χ3n) is 6.87. The smallest absolute Gasteiger partial charge is 0.223 e. The predicted molar refractivity (Wildman–Crippen MR) is 105 cm³/mol. The van der Waals surface area contributed by atoms with Crippen LogP contribution in [-0.2, 0) is 9.59 Å². The Labute approximate surface area is 159 Å². The van der Waals surface area contributed by atoms with Gasteiger partial charge in [-0.2, -0.15) is 0 Å². The molecule has 3 aliphatic carbocycles. The van der Waals surface area contributed by atoms with Gasteiger partial charge in [-0.15, -0.1) is 0 Å². The van der Waals surface area contributed by atoms with Crippen LogP contribution < -0.4 is 10.6 Å². The summed E-state index contributed by atoms with van der Waals surface area (Å²) < 4.78 is 0. The van der Waals surface area contributed by atoms with Crippen LogP contribution in [0, 0.1) is 11.8 Å². The summed E-state index contributed by atoms with van der Waals surface area (Å²) in [6.07, 6.45) is 18.3. The molecule has 26 heavy (non-hydrogen) atoms. The number of rotatable bonds is 4. The fraction of sp³-hybridized carbons (Fsp3) is 0.909. The molecule has 0 atom stereocenters. The van der Waals surface area contributed by atoms with Gasteiger partial charge in [0.2, 0.25) is 11.8 Å². The maximum absolute atomic E-state index is 12.5. The standard InChI is InChI=1S/C22H38N2O2/c25-21(17-9-5-1-2-6-10-17)23-19-13-15-20(16-14-19)24-22(26)18-11-7-3-4-8-12-18/h17-20H,1-16H2,(H,23,25)(H,24,26). The minimum absolute atomic E-state index is 0.241. The monoisotopic (exact) mass is 362 g/mol. The normalized spacial score (nSPS) is 29.4. The average molecular weight is 363 g/mol. The van der Waals surface area contributed by atoms with Gasteiger partial charge in [0.25, 0.3) is 0 Å². The van der Waals surface area contributed by atoms with E-state index >= 15 is 0 Å². The van der Waals surface area contributed by atoms with E-state index in [2.05, 4.69) is 10.6 Å². The summed E-state index contributed by atoms with van der Waals surface area (Å²) in [5.74, 6) is 1.06. The third-order valence-corrected chi connectivity index (χ3v) is 6.87. The largest absolute Gasteiger partial charge is 0.353 e. The fourth-order valence-corrected chi connectivity index (χ4v) is 5.10. The first kappa shape index (κ1) is 19.7. The Hall–Kier alpha value is -1.06. The van der Waals surface area contributed by atoms with Crippen LogP contribution in [0.4, 0.5) is 0 Å². The van der Waals surface area contributed by atoms with Crippen LogP contribution in [0.3, 0.4) is 0 Å². The highest BCUT2D eigenvalue weighted by Crippen LogP contribution is 2.26. The zero-order chi connectivity index (χ0) is 18.2. The molecule has 0 aliphatic heterocycles. The summed E-state index contributed by atoms with van der Waals surface area (Å²) in [5.41, 5.74) is 0. The molecule has 3 fully saturated rings. The van der Waals surface area contributed by atoms with Crippen molar-refractivity contribution in [1.82, 2.24) is 10.6 Å². The molecule has 0 bridgehead atoms. The average Bonchev–Trinajstić information content (AvgIpc) is 3.08. The van der Waals surface area contributed by atoms with Gasteiger partial charge in [0.1, 0.15) is 0 Å². The van der Waals surface area contributed by atoms with Crippen molar-refractivity contribution >= 4 is 11.8 Å². The molecule has 2 amide bonds. The van der Waals surface area contributed by atoms with Crippen molar-refractivity contribution in [1.29, 1.82) is 0 Å². The summed E-state index contributed by atoms with van der Waals surface area (Å²) in [6, 6.07) is 0.633. The first-order valence-electron chi connectivity index (χ1n) is 11.3. The Morgan fingerprint density at radius 2 is 0.769 bits per heavy atom. The first-order valence-corrected chi connectivity index (χ1v) is 11.3. The molecule has 0 aromatic heterocycles. The molecule has 0 heterocycles. The van der Waals surface area contributed by atoms with Crippen molar-refractivity contribution in [3.8, 4) is 0 Å². The van der Waals surface area contributed by atoms with E-state index < -0.39 is 0 Å². The van der Waals surface area contributed by atoms with Crippen LogP contribution in [0.25, 0.3) is 0 Å². The highest BCUT2D eigenvalue weighted by atomic mass is 16.2. The Balaban J connectivity index is 1.36. The quantitative estimate of drug-likeness (QED) is 0.725. The van der Waals surface area contributed by atoms with Crippen LogP contribution in [0.15, 0.2) is 0 Å². The molecule has 3 saturated carbocycles. The molecule has 4 heteroatoms. The molecule has 2 N–H and O–H groups in total. The second kappa shape index (κ2) is 10.3. The lowest BCUT2D eigenvalue weighted by Gasteiger charge is -2.31. The Morgan fingerprint density at radius 3 is 1.08 bits per heavy atom. The van der Waals surface area contributed by atoms with Crippen LogP contribution in [-0.4, -0.2) is 23.9 Å². The molecule has 0 saturated heterocycles. The van der Waals surface area contributed by atoms with Gasteiger partial charge in [-0.05, 0) is 51.4 Å². The number of hydrogen-bond acceptors (Lipinski definition) is 2. The van der Waals surface area contributed by atoms with E-state index in [0.29, 0.717) is 12.1 Å². The Kier molecular flexibility index (Phi) is 7.82. The lowest BCUT2D eigenvalue weighted by atomic mass is 9.89. The molecule has 4 nitrogen and oxygen atoms in total. The van der Waals surface area contributed by atoms with Crippen LogP contribution >= 0.6 is 0 Å². The molecular formula is C22H38N2O2. The zero-order valence-electron chi connectivity index (χ0n) is 16.4. The van der Waals surface area contributed by atoms with E-state index in [1.165, 1.54) is 51.4 Å². The van der Waals surface area contributed by atoms with Crippen LogP contribution in [0.2, 0.25) is 0 Å². The Morgan fingerprint density at radius 1 is 0.462 bits per heavy atom. The Bertz CT molecular complexity index is 399. The maximum Gasteiger partial charge on any atom is 0.223 e. The minimum atomic E-state index is 0.241. The molecule has 3 rings (SSSR count). The van der Waals surface area contributed by atoms with E-state index in [0.717, 1.165) is 51.4 Å². The SMILES string of the molecule is O=C(NC1CCC(NC(=O)C2CCCCCC2)CC1)C1CCCCCC1. The molecule has 148 valence electrons. The van der Waals surface area contributed by atoms with Gasteiger partial charge in [0.15, 0.2) is 0 Å². The number of nitrogens with one attached hydrogen (secondary N) is 2.